The fourth-order valence-electron chi connectivity index (χ4n) is 0.843. The molecule has 0 radical (unpaired) electrons. The fourth-order valence-corrected chi connectivity index (χ4v) is 0.989. The third-order valence-corrected chi connectivity index (χ3v) is 1.69. The van der Waals surface area contributed by atoms with Crippen LogP contribution in [0.1, 0.15) is 23.4 Å². The number of Topliss-reactive ketones (excluding diaryl/α,β-unsaturated/α-hetero) is 1. The molecule has 0 aromatic carbocycles. The summed E-state index contributed by atoms with van der Waals surface area (Å²) in [6, 6.07) is 2.56. The first-order chi connectivity index (χ1) is 6.38. The van der Waals surface area contributed by atoms with Crippen LogP contribution >= 0.6 is 11.6 Å². The van der Waals surface area contributed by atoms with E-state index in [0.717, 1.165) is 0 Å². The maximum Gasteiger partial charge on any atom is 0.389 e. The van der Waals surface area contributed by atoms with Crippen molar-refractivity contribution in [2.24, 2.45) is 0 Å². The van der Waals surface area contributed by atoms with Crippen molar-refractivity contribution < 1.29 is 22.4 Å². The molecule has 6 heteroatoms. The van der Waals surface area contributed by atoms with E-state index in [4.69, 9.17) is 11.6 Å². The molecule has 0 aliphatic rings. The highest BCUT2D eigenvalue weighted by Gasteiger charge is 2.28. The summed E-state index contributed by atoms with van der Waals surface area (Å²) < 4.78 is 39.8. The Morgan fingerprint density at radius 1 is 1.43 bits per heavy atom. The van der Waals surface area contributed by atoms with E-state index >= 15 is 0 Å². The third kappa shape index (κ3) is 3.41. The monoisotopic (exact) mass is 226 g/mol. The van der Waals surface area contributed by atoms with Crippen molar-refractivity contribution in [3.8, 4) is 0 Å². The largest absolute Gasteiger partial charge is 0.442 e. The summed E-state index contributed by atoms with van der Waals surface area (Å²) >= 11 is 5.35. The van der Waals surface area contributed by atoms with E-state index in [9.17, 15) is 18.0 Å². The van der Waals surface area contributed by atoms with Gasteiger partial charge in [-0.1, -0.05) is 0 Å². The molecule has 14 heavy (non-hydrogen) atoms. The lowest BCUT2D eigenvalue weighted by Crippen LogP contribution is -2.10. The molecule has 1 heterocycles. The first-order valence-electron chi connectivity index (χ1n) is 3.74. The molecule has 1 aromatic heterocycles. The molecule has 0 unspecified atom stereocenters. The molecule has 0 amide bonds. The van der Waals surface area contributed by atoms with Crippen LogP contribution in [0.15, 0.2) is 16.5 Å². The van der Waals surface area contributed by atoms with E-state index in [0.29, 0.717) is 0 Å². The minimum atomic E-state index is -4.33. The second kappa shape index (κ2) is 4.04. The molecule has 1 rings (SSSR count). The zero-order valence-electron chi connectivity index (χ0n) is 6.90. The van der Waals surface area contributed by atoms with E-state index < -0.39 is 24.8 Å². The van der Waals surface area contributed by atoms with Crippen LogP contribution in [0.2, 0.25) is 5.22 Å². The van der Waals surface area contributed by atoms with Gasteiger partial charge in [-0.3, -0.25) is 4.79 Å². The Bertz CT molecular complexity index is 330. The van der Waals surface area contributed by atoms with Gasteiger partial charge < -0.3 is 4.42 Å². The summed E-state index contributed by atoms with van der Waals surface area (Å²) in [6.45, 7) is 0. The normalized spacial score (nSPS) is 11.7. The molecule has 0 N–H and O–H groups in total. The van der Waals surface area contributed by atoms with Gasteiger partial charge in [-0.2, -0.15) is 13.2 Å². The Hall–Kier alpha value is -0.970. The first-order valence-corrected chi connectivity index (χ1v) is 4.11. The van der Waals surface area contributed by atoms with Crippen molar-refractivity contribution in [3.63, 3.8) is 0 Å². The van der Waals surface area contributed by atoms with Crippen LogP contribution in [0.3, 0.4) is 0 Å². The summed E-state index contributed by atoms with van der Waals surface area (Å²) in [5.41, 5.74) is 0. The quantitative estimate of drug-likeness (QED) is 0.739. The summed E-state index contributed by atoms with van der Waals surface area (Å²) in [5, 5.41) is -0.0136. The zero-order chi connectivity index (χ0) is 10.8. The molecule has 2 nitrogen and oxygen atoms in total. The lowest BCUT2D eigenvalue weighted by Gasteiger charge is -2.03. The Labute approximate surface area is 82.6 Å². The highest BCUT2D eigenvalue weighted by Crippen LogP contribution is 2.23. The predicted octanol–water partition coefficient (Wildman–Crippen LogP) is 3.46. The summed E-state index contributed by atoms with van der Waals surface area (Å²) in [4.78, 5) is 11.1. The molecular formula is C8H6ClF3O2. The van der Waals surface area contributed by atoms with E-state index in [1.54, 1.807) is 0 Å². The third-order valence-electron chi connectivity index (χ3n) is 1.48. The van der Waals surface area contributed by atoms with Crippen LogP contribution in [0, 0.1) is 0 Å². The van der Waals surface area contributed by atoms with Crippen LogP contribution in [-0.4, -0.2) is 12.0 Å². The van der Waals surface area contributed by atoms with Gasteiger partial charge in [0.25, 0.3) is 0 Å². The Morgan fingerprint density at radius 2 is 2.07 bits per heavy atom. The second-order valence-electron chi connectivity index (χ2n) is 2.64. The molecule has 78 valence electrons. The number of carbonyl (C=O) groups excluding carboxylic acids is 1. The number of alkyl halides is 3. The van der Waals surface area contributed by atoms with E-state index in [1.807, 2.05) is 0 Å². The van der Waals surface area contributed by atoms with Gasteiger partial charge in [0.05, 0.1) is 6.42 Å². The first kappa shape index (κ1) is 11.1. The molecule has 0 aliphatic carbocycles. The van der Waals surface area contributed by atoms with E-state index in [1.165, 1.54) is 12.1 Å². The second-order valence-corrected chi connectivity index (χ2v) is 3.01. The number of halogens is 4. The predicted molar refractivity (Wildman–Crippen MR) is 43.3 cm³/mol. The van der Waals surface area contributed by atoms with Crippen molar-refractivity contribution in [2.75, 3.05) is 0 Å². The number of ketones is 1. The maximum absolute atomic E-state index is 11.7. The summed E-state index contributed by atoms with van der Waals surface area (Å²) in [7, 11) is 0. The average Bonchev–Trinajstić information content (AvgIpc) is 2.46. The van der Waals surface area contributed by atoms with Crippen molar-refractivity contribution in [3.05, 3.63) is 23.1 Å². The van der Waals surface area contributed by atoms with Gasteiger partial charge in [-0.25, -0.2) is 0 Å². The molecule has 0 bridgehead atoms. The van der Waals surface area contributed by atoms with Crippen molar-refractivity contribution in [1.82, 2.24) is 0 Å². The van der Waals surface area contributed by atoms with Gasteiger partial charge >= 0.3 is 6.18 Å². The standard InChI is InChI=1S/C8H6ClF3O2/c9-7-2-1-6(14-7)5(13)3-4-8(10,11)12/h1-2H,3-4H2. The number of furan rings is 1. The highest BCUT2D eigenvalue weighted by atomic mass is 35.5. The molecule has 0 saturated carbocycles. The topological polar surface area (TPSA) is 30.2 Å². The fraction of sp³-hybridized carbons (Fsp3) is 0.375. The molecule has 0 atom stereocenters. The van der Waals surface area contributed by atoms with Crippen molar-refractivity contribution in [1.29, 1.82) is 0 Å². The Balaban J connectivity index is 2.52. The Morgan fingerprint density at radius 3 is 2.50 bits per heavy atom. The smallest absolute Gasteiger partial charge is 0.389 e. The molecule has 1 aromatic rings. The minimum absolute atomic E-state index is 0.0136. The van der Waals surface area contributed by atoms with Crippen LogP contribution in [-0.2, 0) is 0 Å². The number of hydrogen-bond acceptors (Lipinski definition) is 2. The summed E-state index contributed by atoms with van der Waals surface area (Å²) in [6.07, 6.45) is -6.09. The molecule has 0 saturated heterocycles. The van der Waals surface area contributed by atoms with Crippen LogP contribution in [0.25, 0.3) is 0 Å². The van der Waals surface area contributed by atoms with Crippen LogP contribution < -0.4 is 0 Å². The van der Waals surface area contributed by atoms with E-state index in [2.05, 4.69) is 4.42 Å². The van der Waals surface area contributed by atoms with Gasteiger partial charge in [-0.15, -0.1) is 0 Å². The molecule has 0 spiro atoms. The zero-order valence-corrected chi connectivity index (χ0v) is 7.65. The van der Waals surface area contributed by atoms with Crippen molar-refractivity contribution in [2.45, 2.75) is 19.0 Å². The highest BCUT2D eigenvalue weighted by molar-refractivity contribution is 6.29. The number of rotatable bonds is 3. The Kier molecular flexibility index (Phi) is 3.21. The number of hydrogen-bond donors (Lipinski definition) is 0. The number of carbonyl (C=O) groups is 1. The minimum Gasteiger partial charge on any atom is -0.442 e. The molecular weight excluding hydrogens is 221 g/mol. The van der Waals surface area contributed by atoms with Gasteiger partial charge in [0.15, 0.2) is 16.8 Å². The van der Waals surface area contributed by atoms with Crippen LogP contribution in [0.4, 0.5) is 13.2 Å². The van der Waals surface area contributed by atoms with Crippen molar-refractivity contribution >= 4 is 17.4 Å². The summed E-state index contributed by atoms with van der Waals surface area (Å²) in [5.74, 6) is -0.839. The average molecular weight is 227 g/mol. The lowest BCUT2D eigenvalue weighted by molar-refractivity contribution is -0.133. The van der Waals surface area contributed by atoms with E-state index in [-0.39, 0.29) is 11.0 Å². The maximum atomic E-state index is 11.7. The van der Waals surface area contributed by atoms with Crippen LogP contribution in [0.5, 0.6) is 0 Å². The molecule has 0 fully saturated rings. The van der Waals surface area contributed by atoms with Gasteiger partial charge in [-0.05, 0) is 23.7 Å². The SMILES string of the molecule is O=C(CCC(F)(F)F)c1ccc(Cl)o1. The van der Waals surface area contributed by atoms with Gasteiger partial charge in [0.1, 0.15) is 0 Å². The van der Waals surface area contributed by atoms with Gasteiger partial charge in [0, 0.05) is 6.42 Å². The molecule has 0 aliphatic heterocycles. The van der Waals surface area contributed by atoms with Gasteiger partial charge in [0.2, 0.25) is 0 Å². The lowest BCUT2D eigenvalue weighted by atomic mass is 10.2.